The van der Waals surface area contributed by atoms with Crippen LogP contribution in [0.25, 0.3) is 0 Å². The van der Waals surface area contributed by atoms with Gasteiger partial charge in [0.15, 0.2) is 0 Å². The van der Waals surface area contributed by atoms with Gasteiger partial charge in [0, 0.05) is 18.7 Å². The van der Waals surface area contributed by atoms with E-state index in [4.69, 9.17) is 16.3 Å². The molecule has 0 aromatic heterocycles. The number of amides is 1. The highest BCUT2D eigenvalue weighted by atomic mass is 35.5. The Morgan fingerprint density at radius 3 is 2.78 bits per heavy atom. The van der Waals surface area contributed by atoms with Crippen molar-refractivity contribution in [2.24, 2.45) is 0 Å². The molecule has 1 heterocycles. The van der Waals surface area contributed by atoms with Crippen LogP contribution in [0.4, 0.5) is 5.69 Å². The summed E-state index contributed by atoms with van der Waals surface area (Å²) in [6, 6.07) is 13.9. The van der Waals surface area contributed by atoms with E-state index in [1.165, 1.54) is 5.56 Å². The Hall–Kier alpha value is -2.04. The topological polar surface area (TPSA) is 41.6 Å². The van der Waals surface area contributed by atoms with Crippen molar-refractivity contribution in [1.82, 2.24) is 4.90 Å². The van der Waals surface area contributed by atoms with Crippen LogP contribution in [-0.4, -0.2) is 31.0 Å². The van der Waals surface area contributed by atoms with Gasteiger partial charge in [-0.25, -0.2) is 0 Å². The second-order valence-corrected chi connectivity index (χ2v) is 6.10. The summed E-state index contributed by atoms with van der Waals surface area (Å²) in [4.78, 5) is 13.8. The number of carbonyl (C=O) groups is 1. The van der Waals surface area contributed by atoms with Crippen molar-refractivity contribution in [2.45, 2.75) is 13.0 Å². The molecule has 0 aliphatic carbocycles. The molecule has 1 amide bonds. The zero-order valence-electron chi connectivity index (χ0n) is 13.0. The first kappa shape index (κ1) is 15.8. The number of halogens is 1. The first-order valence-corrected chi connectivity index (χ1v) is 7.98. The molecular weight excluding hydrogens is 312 g/mol. The van der Waals surface area contributed by atoms with E-state index in [-0.39, 0.29) is 5.91 Å². The molecule has 120 valence electrons. The number of ether oxygens (including phenoxy) is 1. The van der Waals surface area contributed by atoms with E-state index in [2.05, 4.69) is 29.4 Å². The standard InChI is InChI=1S/C18H19ClN2O2/c1-21(12-13-5-3-2-4-6-13)9-10-23-16-8-7-15(19)18-14(16)11-17(22)20-18/h2-8H,9-12H2,1H3,(H,20,22). The lowest BCUT2D eigenvalue weighted by atomic mass is 10.1. The van der Waals surface area contributed by atoms with Crippen LogP contribution in [0.2, 0.25) is 5.02 Å². The number of nitrogens with zero attached hydrogens (tertiary/aromatic N) is 1. The van der Waals surface area contributed by atoms with Crippen molar-refractivity contribution >= 4 is 23.2 Å². The van der Waals surface area contributed by atoms with Crippen LogP contribution in [0.15, 0.2) is 42.5 Å². The molecule has 0 atom stereocenters. The number of hydrogen-bond donors (Lipinski definition) is 1. The van der Waals surface area contributed by atoms with Gasteiger partial charge in [-0.2, -0.15) is 0 Å². The lowest BCUT2D eigenvalue weighted by Gasteiger charge is -2.18. The number of hydrogen-bond acceptors (Lipinski definition) is 3. The molecular formula is C18H19ClN2O2. The molecule has 1 N–H and O–H groups in total. The number of nitrogens with one attached hydrogen (secondary N) is 1. The van der Waals surface area contributed by atoms with Gasteiger partial charge < -0.3 is 10.1 Å². The maximum atomic E-state index is 11.6. The Morgan fingerprint density at radius 1 is 1.22 bits per heavy atom. The van der Waals surface area contributed by atoms with Gasteiger partial charge in [0.25, 0.3) is 0 Å². The van der Waals surface area contributed by atoms with Gasteiger partial charge in [0.05, 0.1) is 17.1 Å². The lowest BCUT2D eigenvalue weighted by molar-refractivity contribution is -0.115. The van der Waals surface area contributed by atoms with Crippen LogP contribution in [0, 0.1) is 0 Å². The Labute approximate surface area is 141 Å². The third-order valence-electron chi connectivity index (χ3n) is 3.85. The predicted molar refractivity (Wildman–Crippen MR) is 92.1 cm³/mol. The van der Waals surface area contributed by atoms with Gasteiger partial charge >= 0.3 is 0 Å². The summed E-state index contributed by atoms with van der Waals surface area (Å²) in [5.41, 5.74) is 2.82. The van der Waals surface area contributed by atoms with Crippen LogP contribution in [0.1, 0.15) is 11.1 Å². The van der Waals surface area contributed by atoms with Crippen LogP contribution in [-0.2, 0) is 17.8 Å². The van der Waals surface area contributed by atoms with Crippen LogP contribution in [0.5, 0.6) is 5.75 Å². The summed E-state index contributed by atoms with van der Waals surface area (Å²) in [5.74, 6) is 0.690. The van der Waals surface area contributed by atoms with Gasteiger partial charge in [-0.3, -0.25) is 9.69 Å². The highest BCUT2D eigenvalue weighted by Gasteiger charge is 2.24. The predicted octanol–water partition coefficient (Wildman–Crippen LogP) is 3.35. The molecule has 0 unspecified atom stereocenters. The second kappa shape index (κ2) is 7.02. The fourth-order valence-electron chi connectivity index (χ4n) is 2.68. The maximum Gasteiger partial charge on any atom is 0.229 e. The van der Waals surface area contributed by atoms with Gasteiger partial charge in [-0.1, -0.05) is 41.9 Å². The van der Waals surface area contributed by atoms with E-state index in [9.17, 15) is 4.79 Å². The Kier molecular flexibility index (Phi) is 4.84. The smallest absolute Gasteiger partial charge is 0.229 e. The number of likely N-dealkylation sites (N-methyl/N-ethyl adjacent to an activating group) is 1. The Bertz CT molecular complexity index is 704. The average molecular weight is 331 g/mol. The second-order valence-electron chi connectivity index (χ2n) is 5.70. The number of rotatable bonds is 6. The van der Waals surface area contributed by atoms with Gasteiger partial charge in [0.2, 0.25) is 5.91 Å². The SMILES string of the molecule is CN(CCOc1ccc(Cl)c2c1CC(=O)N2)Cc1ccccc1. The Balaban J connectivity index is 1.55. The van der Waals surface area contributed by atoms with E-state index in [0.717, 1.165) is 24.4 Å². The quantitative estimate of drug-likeness (QED) is 0.883. The molecule has 0 fully saturated rings. The molecule has 0 radical (unpaired) electrons. The van der Waals surface area contributed by atoms with E-state index in [1.807, 2.05) is 24.3 Å². The van der Waals surface area contributed by atoms with Gasteiger partial charge in [-0.05, 0) is 24.7 Å². The molecule has 4 nitrogen and oxygen atoms in total. The number of carbonyl (C=O) groups excluding carboxylic acids is 1. The summed E-state index contributed by atoms with van der Waals surface area (Å²) < 4.78 is 5.87. The number of fused-ring (bicyclic) bond motifs is 1. The van der Waals surface area contributed by atoms with Crippen molar-refractivity contribution in [3.05, 3.63) is 58.6 Å². The molecule has 1 aliphatic rings. The monoisotopic (exact) mass is 330 g/mol. The molecule has 0 spiro atoms. The van der Waals surface area contributed by atoms with Crippen molar-refractivity contribution < 1.29 is 9.53 Å². The molecule has 0 saturated heterocycles. The minimum absolute atomic E-state index is 0.0425. The lowest BCUT2D eigenvalue weighted by Crippen LogP contribution is -2.24. The summed E-state index contributed by atoms with van der Waals surface area (Å²) >= 11 is 6.10. The molecule has 23 heavy (non-hydrogen) atoms. The maximum absolute atomic E-state index is 11.6. The Morgan fingerprint density at radius 2 is 2.00 bits per heavy atom. The number of benzene rings is 2. The molecule has 1 aliphatic heterocycles. The zero-order valence-corrected chi connectivity index (χ0v) is 13.8. The average Bonchev–Trinajstić information content (AvgIpc) is 2.93. The van der Waals surface area contributed by atoms with E-state index in [1.54, 1.807) is 6.07 Å². The first-order valence-electron chi connectivity index (χ1n) is 7.60. The fourth-order valence-corrected chi connectivity index (χ4v) is 2.90. The van der Waals surface area contributed by atoms with Crippen LogP contribution < -0.4 is 10.1 Å². The zero-order chi connectivity index (χ0) is 16.2. The number of anilines is 1. The van der Waals surface area contributed by atoms with Crippen LogP contribution >= 0.6 is 11.6 Å². The molecule has 2 aromatic carbocycles. The first-order chi connectivity index (χ1) is 11.1. The third kappa shape index (κ3) is 3.84. The van der Waals surface area contributed by atoms with Gasteiger partial charge in [-0.15, -0.1) is 0 Å². The van der Waals surface area contributed by atoms with Crippen LogP contribution in [0.3, 0.4) is 0 Å². The van der Waals surface area contributed by atoms with Crippen molar-refractivity contribution in [1.29, 1.82) is 0 Å². The van der Waals surface area contributed by atoms with Crippen molar-refractivity contribution in [2.75, 3.05) is 25.5 Å². The summed E-state index contributed by atoms with van der Waals surface area (Å²) in [6.07, 6.45) is 0.324. The highest BCUT2D eigenvalue weighted by Crippen LogP contribution is 2.37. The summed E-state index contributed by atoms with van der Waals surface area (Å²) in [7, 11) is 2.06. The molecule has 5 heteroatoms. The summed E-state index contributed by atoms with van der Waals surface area (Å²) in [5, 5.41) is 3.33. The van der Waals surface area contributed by atoms with E-state index in [0.29, 0.717) is 23.7 Å². The van der Waals surface area contributed by atoms with Gasteiger partial charge in [0.1, 0.15) is 12.4 Å². The molecule has 2 aromatic rings. The third-order valence-corrected chi connectivity index (χ3v) is 4.16. The van der Waals surface area contributed by atoms with Crippen molar-refractivity contribution in [3.8, 4) is 5.75 Å². The fraction of sp³-hybridized carbons (Fsp3) is 0.278. The molecule has 0 saturated carbocycles. The minimum atomic E-state index is -0.0425. The van der Waals surface area contributed by atoms with E-state index < -0.39 is 0 Å². The van der Waals surface area contributed by atoms with Crippen molar-refractivity contribution in [3.63, 3.8) is 0 Å². The molecule has 3 rings (SSSR count). The largest absolute Gasteiger partial charge is 0.492 e. The highest BCUT2D eigenvalue weighted by molar-refractivity contribution is 6.34. The molecule has 0 bridgehead atoms. The summed E-state index contributed by atoms with van der Waals surface area (Å²) in [6.45, 7) is 2.24. The van der Waals surface area contributed by atoms with E-state index >= 15 is 0 Å². The minimum Gasteiger partial charge on any atom is -0.492 e. The normalized spacial score (nSPS) is 13.1.